The largest absolute Gasteiger partial charge is 0.481 e. The van der Waals surface area contributed by atoms with Gasteiger partial charge in [-0.1, -0.05) is 17.8 Å². The van der Waals surface area contributed by atoms with E-state index in [-0.39, 0.29) is 5.75 Å². The van der Waals surface area contributed by atoms with Crippen LogP contribution in [-0.4, -0.2) is 36.6 Å². The molecule has 19 heavy (non-hydrogen) atoms. The number of carboxylic acid groups (broad SMARTS) is 1. The summed E-state index contributed by atoms with van der Waals surface area (Å²) in [7, 11) is 0. The van der Waals surface area contributed by atoms with E-state index in [2.05, 4.69) is 15.2 Å². The predicted molar refractivity (Wildman–Crippen MR) is 71.1 cm³/mol. The van der Waals surface area contributed by atoms with Crippen molar-refractivity contribution in [3.63, 3.8) is 0 Å². The van der Waals surface area contributed by atoms with Crippen molar-refractivity contribution in [1.29, 1.82) is 0 Å². The van der Waals surface area contributed by atoms with Gasteiger partial charge in [0.25, 0.3) is 0 Å². The molecule has 2 rings (SSSR count). The third-order valence-corrected chi connectivity index (χ3v) is 3.47. The highest BCUT2D eigenvalue weighted by Gasteiger charge is 2.13. The highest BCUT2D eigenvalue weighted by Crippen LogP contribution is 2.18. The van der Waals surface area contributed by atoms with E-state index in [1.165, 1.54) is 11.8 Å². The van der Waals surface area contributed by atoms with Crippen LogP contribution in [-0.2, 0) is 17.8 Å². The van der Waals surface area contributed by atoms with Crippen molar-refractivity contribution in [2.45, 2.75) is 25.0 Å². The fraction of sp³-hybridized carbons (Fsp3) is 0.333. The number of carboxylic acids is 1. The molecule has 0 aliphatic carbocycles. The van der Waals surface area contributed by atoms with Gasteiger partial charge in [-0.05, 0) is 18.6 Å². The van der Waals surface area contributed by atoms with Crippen LogP contribution in [0, 0.1) is 0 Å². The molecule has 1 N–H and O–H groups in total. The number of rotatable bonds is 6. The second kappa shape index (κ2) is 6.33. The number of thioether (sulfide) groups is 1. The summed E-state index contributed by atoms with van der Waals surface area (Å²) >= 11 is 1.19. The molecule has 2 aromatic heterocycles. The third-order valence-electron chi connectivity index (χ3n) is 2.52. The van der Waals surface area contributed by atoms with E-state index in [1.807, 2.05) is 23.6 Å². The van der Waals surface area contributed by atoms with Crippen molar-refractivity contribution in [2.75, 3.05) is 5.75 Å². The van der Waals surface area contributed by atoms with Crippen LogP contribution in [0.2, 0.25) is 0 Å². The summed E-state index contributed by atoms with van der Waals surface area (Å²) in [6.45, 7) is 2.70. The Labute approximate surface area is 114 Å². The summed E-state index contributed by atoms with van der Waals surface area (Å²) in [6, 6.07) is 3.85. The molecule has 2 heterocycles. The summed E-state index contributed by atoms with van der Waals surface area (Å²) in [4.78, 5) is 14.6. The molecule has 0 saturated heterocycles. The van der Waals surface area contributed by atoms with Gasteiger partial charge >= 0.3 is 5.97 Å². The average molecular weight is 278 g/mol. The van der Waals surface area contributed by atoms with E-state index in [0.29, 0.717) is 18.1 Å². The maximum atomic E-state index is 10.6. The molecular formula is C12H14N4O2S. The fourth-order valence-corrected chi connectivity index (χ4v) is 2.43. The second-order valence-corrected chi connectivity index (χ2v) is 4.81. The molecule has 0 spiro atoms. The summed E-state index contributed by atoms with van der Waals surface area (Å²) in [5, 5.41) is 17.5. The Hall–Kier alpha value is -1.89. The van der Waals surface area contributed by atoms with Gasteiger partial charge < -0.3 is 9.67 Å². The Morgan fingerprint density at radius 3 is 2.95 bits per heavy atom. The number of aliphatic carboxylic acids is 1. The van der Waals surface area contributed by atoms with Crippen LogP contribution in [0.15, 0.2) is 29.7 Å². The van der Waals surface area contributed by atoms with Crippen LogP contribution in [0.3, 0.4) is 0 Å². The minimum absolute atomic E-state index is 0.00890. The molecule has 0 amide bonds. The summed E-state index contributed by atoms with van der Waals surface area (Å²) in [5.74, 6) is -0.0433. The van der Waals surface area contributed by atoms with Crippen molar-refractivity contribution < 1.29 is 9.90 Å². The van der Waals surface area contributed by atoms with Gasteiger partial charge in [-0.15, -0.1) is 10.2 Å². The quantitative estimate of drug-likeness (QED) is 0.806. The number of nitrogens with zero attached hydrogens (tertiary/aromatic N) is 4. The van der Waals surface area contributed by atoms with E-state index in [0.717, 1.165) is 11.4 Å². The van der Waals surface area contributed by atoms with Gasteiger partial charge in [0.2, 0.25) is 0 Å². The van der Waals surface area contributed by atoms with Crippen molar-refractivity contribution in [1.82, 2.24) is 19.7 Å². The molecule has 0 aliphatic rings. The SMILES string of the molecule is CCn1c(Cc2cccnc2)nnc1SCC(=O)O. The van der Waals surface area contributed by atoms with Crippen LogP contribution in [0.1, 0.15) is 18.3 Å². The molecule has 0 unspecified atom stereocenters. The second-order valence-electron chi connectivity index (χ2n) is 3.86. The highest BCUT2D eigenvalue weighted by atomic mass is 32.2. The molecule has 2 aromatic rings. The van der Waals surface area contributed by atoms with E-state index < -0.39 is 5.97 Å². The molecule has 0 atom stereocenters. The average Bonchev–Trinajstić information content (AvgIpc) is 2.79. The van der Waals surface area contributed by atoms with Gasteiger partial charge in [0.1, 0.15) is 5.82 Å². The molecule has 0 aromatic carbocycles. The van der Waals surface area contributed by atoms with Crippen LogP contribution >= 0.6 is 11.8 Å². The van der Waals surface area contributed by atoms with Gasteiger partial charge in [-0.25, -0.2) is 0 Å². The van der Waals surface area contributed by atoms with Crippen molar-refractivity contribution in [3.05, 3.63) is 35.9 Å². The Balaban J connectivity index is 2.15. The molecule has 100 valence electrons. The van der Waals surface area contributed by atoms with Gasteiger partial charge in [-0.3, -0.25) is 9.78 Å². The number of pyridine rings is 1. The first-order chi connectivity index (χ1) is 9.20. The Morgan fingerprint density at radius 1 is 1.47 bits per heavy atom. The van der Waals surface area contributed by atoms with Crippen LogP contribution in [0.4, 0.5) is 0 Å². The monoisotopic (exact) mass is 278 g/mol. The predicted octanol–water partition coefficient (Wildman–Crippen LogP) is 1.46. The van der Waals surface area contributed by atoms with Crippen molar-refractivity contribution in [2.24, 2.45) is 0 Å². The first-order valence-electron chi connectivity index (χ1n) is 5.86. The third kappa shape index (κ3) is 3.54. The maximum Gasteiger partial charge on any atom is 0.313 e. The topological polar surface area (TPSA) is 80.9 Å². The maximum absolute atomic E-state index is 10.6. The lowest BCUT2D eigenvalue weighted by Gasteiger charge is -2.06. The molecule has 0 saturated carbocycles. The van der Waals surface area contributed by atoms with Gasteiger partial charge in [0.15, 0.2) is 5.16 Å². The normalized spacial score (nSPS) is 10.6. The Morgan fingerprint density at radius 2 is 2.32 bits per heavy atom. The standard InChI is InChI=1S/C12H14N4O2S/c1-2-16-10(6-9-4-3-5-13-7-9)14-15-12(16)19-8-11(17)18/h3-5,7H,2,6,8H2,1H3,(H,17,18). The zero-order valence-corrected chi connectivity index (χ0v) is 11.3. The molecule has 0 radical (unpaired) electrons. The number of hydrogen-bond donors (Lipinski definition) is 1. The van der Waals surface area contributed by atoms with Crippen LogP contribution in [0.25, 0.3) is 0 Å². The number of hydrogen-bond acceptors (Lipinski definition) is 5. The lowest BCUT2D eigenvalue weighted by atomic mass is 10.2. The van der Waals surface area contributed by atoms with Gasteiger partial charge in [-0.2, -0.15) is 0 Å². The van der Waals surface area contributed by atoms with Crippen LogP contribution in [0.5, 0.6) is 0 Å². The summed E-state index contributed by atoms with van der Waals surface area (Å²) in [6.07, 6.45) is 4.16. The first-order valence-corrected chi connectivity index (χ1v) is 6.84. The fourth-order valence-electron chi connectivity index (χ4n) is 1.69. The minimum atomic E-state index is -0.857. The lowest BCUT2D eigenvalue weighted by Crippen LogP contribution is -2.06. The van der Waals surface area contributed by atoms with Crippen LogP contribution < -0.4 is 0 Å². The van der Waals surface area contributed by atoms with E-state index in [9.17, 15) is 4.79 Å². The van der Waals surface area contributed by atoms with Crippen molar-refractivity contribution in [3.8, 4) is 0 Å². The molecule has 0 aliphatic heterocycles. The molecule has 0 fully saturated rings. The number of aromatic nitrogens is 4. The smallest absolute Gasteiger partial charge is 0.313 e. The minimum Gasteiger partial charge on any atom is -0.481 e. The summed E-state index contributed by atoms with van der Waals surface area (Å²) in [5.41, 5.74) is 1.05. The molecular weight excluding hydrogens is 264 g/mol. The van der Waals surface area contributed by atoms with Gasteiger partial charge in [0, 0.05) is 25.4 Å². The highest BCUT2D eigenvalue weighted by molar-refractivity contribution is 7.99. The summed E-state index contributed by atoms with van der Waals surface area (Å²) < 4.78 is 1.93. The zero-order chi connectivity index (χ0) is 13.7. The van der Waals surface area contributed by atoms with E-state index in [4.69, 9.17) is 5.11 Å². The Bertz CT molecular complexity index is 556. The van der Waals surface area contributed by atoms with Crippen molar-refractivity contribution >= 4 is 17.7 Å². The molecule has 6 nitrogen and oxygen atoms in total. The Kier molecular flexibility index (Phi) is 4.51. The number of carbonyl (C=O) groups is 1. The zero-order valence-electron chi connectivity index (χ0n) is 10.5. The first kappa shape index (κ1) is 13.5. The van der Waals surface area contributed by atoms with Gasteiger partial charge in [0.05, 0.1) is 5.75 Å². The molecule has 7 heteroatoms. The molecule has 0 bridgehead atoms. The lowest BCUT2D eigenvalue weighted by molar-refractivity contribution is -0.133. The van der Waals surface area contributed by atoms with E-state index >= 15 is 0 Å². The van der Waals surface area contributed by atoms with E-state index in [1.54, 1.807) is 12.4 Å².